The highest BCUT2D eigenvalue weighted by molar-refractivity contribution is 5.95. The van der Waals surface area contributed by atoms with Crippen molar-refractivity contribution >= 4 is 17.9 Å². The van der Waals surface area contributed by atoms with E-state index >= 15 is 0 Å². The van der Waals surface area contributed by atoms with E-state index in [4.69, 9.17) is 0 Å². The summed E-state index contributed by atoms with van der Waals surface area (Å²) in [5.74, 6) is -0.967. The van der Waals surface area contributed by atoms with E-state index in [0.717, 1.165) is 25.7 Å². The van der Waals surface area contributed by atoms with Gasteiger partial charge in [-0.2, -0.15) is 0 Å². The number of likely N-dealkylation sites (tertiary alicyclic amines) is 1. The molecule has 3 unspecified atom stereocenters. The van der Waals surface area contributed by atoms with Crippen LogP contribution < -0.4 is 10.6 Å². The molecule has 3 N–H and O–H groups in total. The molecular weight excluding hydrogens is 274 g/mol. The summed E-state index contributed by atoms with van der Waals surface area (Å²) in [7, 11) is 0. The summed E-state index contributed by atoms with van der Waals surface area (Å²) >= 11 is 0. The lowest BCUT2D eigenvalue weighted by atomic mass is 9.85. The predicted molar refractivity (Wildman–Crippen MR) is 75.7 cm³/mol. The number of rotatable bonds is 4. The van der Waals surface area contributed by atoms with E-state index in [9.17, 15) is 19.5 Å². The lowest BCUT2D eigenvalue weighted by Crippen LogP contribution is -2.50. The van der Waals surface area contributed by atoms with E-state index in [1.165, 1.54) is 0 Å². The normalized spacial score (nSPS) is 28.7. The molecule has 0 aromatic heterocycles. The molecule has 7 nitrogen and oxygen atoms in total. The van der Waals surface area contributed by atoms with Gasteiger partial charge in [0.15, 0.2) is 0 Å². The Morgan fingerprint density at radius 3 is 2.62 bits per heavy atom. The number of hydrogen-bond acceptors (Lipinski definition) is 4. The summed E-state index contributed by atoms with van der Waals surface area (Å²) < 4.78 is 0. The average Bonchev–Trinajstić information content (AvgIpc) is 2.78. The van der Waals surface area contributed by atoms with Gasteiger partial charge in [-0.15, -0.1) is 0 Å². The Kier molecular flexibility index (Phi) is 5.17. The van der Waals surface area contributed by atoms with E-state index in [1.807, 2.05) is 0 Å². The van der Waals surface area contributed by atoms with Crippen molar-refractivity contribution in [2.75, 3.05) is 13.1 Å². The zero-order chi connectivity index (χ0) is 15.4. The third kappa shape index (κ3) is 3.72. The molecule has 1 saturated carbocycles. The van der Waals surface area contributed by atoms with Crippen molar-refractivity contribution in [3.05, 3.63) is 0 Å². The third-order valence-electron chi connectivity index (χ3n) is 4.42. The first kappa shape index (κ1) is 15.8. The Morgan fingerprint density at radius 1 is 1.24 bits per heavy atom. The Bertz CT molecular complexity index is 426. The number of carboxylic acid groups (broad SMARTS) is 1. The number of nitrogens with zero attached hydrogens (tertiary/aromatic N) is 1. The van der Waals surface area contributed by atoms with Crippen LogP contribution in [0.1, 0.15) is 39.0 Å². The van der Waals surface area contributed by atoms with E-state index in [2.05, 4.69) is 10.6 Å². The van der Waals surface area contributed by atoms with Crippen LogP contribution >= 0.6 is 0 Å². The summed E-state index contributed by atoms with van der Waals surface area (Å²) in [6.07, 6.45) is 4.77. The fourth-order valence-electron chi connectivity index (χ4n) is 3.56. The van der Waals surface area contributed by atoms with E-state index in [-0.39, 0.29) is 12.6 Å². The molecule has 0 spiro atoms. The summed E-state index contributed by atoms with van der Waals surface area (Å²) in [4.78, 5) is 36.4. The number of aliphatic carboxylic acids is 1. The van der Waals surface area contributed by atoms with Crippen molar-refractivity contribution in [2.45, 2.75) is 51.1 Å². The number of carbonyl (C=O) groups is 3. The fourth-order valence-corrected chi connectivity index (χ4v) is 3.56. The number of nitrogens with one attached hydrogen (secondary N) is 2. The molecule has 2 aliphatic rings. The number of carbonyl (C=O) groups excluding carboxylic acids is 2. The first-order chi connectivity index (χ1) is 10.0. The van der Waals surface area contributed by atoms with Crippen molar-refractivity contribution in [1.29, 1.82) is 0 Å². The smallest absolute Gasteiger partial charge is 0.321 e. The van der Waals surface area contributed by atoms with Gasteiger partial charge in [0.2, 0.25) is 5.91 Å². The molecule has 118 valence electrons. The van der Waals surface area contributed by atoms with E-state index < -0.39 is 23.9 Å². The maximum atomic E-state index is 11.9. The Hall–Kier alpha value is -1.63. The number of amides is 3. The number of urea groups is 1. The van der Waals surface area contributed by atoms with Crippen LogP contribution in [-0.2, 0) is 9.59 Å². The second kappa shape index (κ2) is 6.89. The van der Waals surface area contributed by atoms with Crippen LogP contribution in [0.3, 0.4) is 0 Å². The first-order valence-electron chi connectivity index (χ1n) is 7.59. The highest BCUT2D eigenvalue weighted by Gasteiger charge is 2.45. The number of carboxylic acids is 1. The highest BCUT2D eigenvalue weighted by atomic mass is 16.4. The summed E-state index contributed by atoms with van der Waals surface area (Å²) in [5, 5.41) is 14.1. The van der Waals surface area contributed by atoms with Crippen LogP contribution in [-0.4, -0.2) is 53.1 Å². The quantitative estimate of drug-likeness (QED) is 0.704. The zero-order valence-corrected chi connectivity index (χ0v) is 12.3. The monoisotopic (exact) mass is 297 g/mol. The van der Waals surface area contributed by atoms with Gasteiger partial charge in [-0.1, -0.05) is 12.8 Å². The van der Waals surface area contributed by atoms with Gasteiger partial charge in [0.05, 0.1) is 6.54 Å². The Labute approximate surface area is 124 Å². The molecule has 21 heavy (non-hydrogen) atoms. The topological polar surface area (TPSA) is 98.7 Å². The molecule has 0 aromatic rings. The SMILES string of the molecule is CCNC(=O)NC(=O)CN1C(C(=O)O)CC2CCCCC21. The second-order valence-electron chi connectivity index (χ2n) is 5.78. The van der Waals surface area contributed by atoms with Gasteiger partial charge in [-0.05, 0) is 32.1 Å². The van der Waals surface area contributed by atoms with Crippen LogP contribution in [0, 0.1) is 5.92 Å². The van der Waals surface area contributed by atoms with Crippen molar-refractivity contribution in [3.63, 3.8) is 0 Å². The van der Waals surface area contributed by atoms with Crippen molar-refractivity contribution in [3.8, 4) is 0 Å². The van der Waals surface area contributed by atoms with Gasteiger partial charge in [0, 0.05) is 12.6 Å². The average molecular weight is 297 g/mol. The minimum Gasteiger partial charge on any atom is -0.480 e. The lowest BCUT2D eigenvalue weighted by molar-refractivity contribution is -0.143. The molecule has 0 bridgehead atoms. The molecule has 3 amide bonds. The van der Waals surface area contributed by atoms with Gasteiger partial charge >= 0.3 is 12.0 Å². The molecule has 0 radical (unpaired) electrons. The molecule has 1 aliphatic carbocycles. The highest BCUT2D eigenvalue weighted by Crippen LogP contribution is 2.39. The minimum absolute atomic E-state index is 0.0325. The molecule has 3 atom stereocenters. The fraction of sp³-hybridized carbons (Fsp3) is 0.786. The molecule has 2 fully saturated rings. The van der Waals surface area contributed by atoms with Gasteiger partial charge in [-0.3, -0.25) is 19.8 Å². The first-order valence-corrected chi connectivity index (χ1v) is 7.59. The minimum atomic E-state index is -0.879. The van der Waals surface area contributed by atoms with E-state index in [1.54, 1.807) is 11.8 Å². The Morgan fingerprint density at radius 2 is 1.95 bits per heavy atom. The number of hydrogen-bond donors (Lipinski definition) is 3. The van der Waals surface area contributed by atoms with Gasteiger partial charge < -0.3 is 10.4 Å². The predicted octanol–water partition coefficient (Wildman–Crippen LogP) is 0.550. The third-order valence-corrected chi connectivity index (χ3v) is 4.42. The second-order valence-corrected chi connectivity index (χ2v) is 5.78. The zero-order valence-electron chi connectivity index (χ0n) is 12.3. The Balaban J connectivity index is 1.99. The molecule has 0 aromatic carbocycles. The van der Waals surface area contributed by atoms with Crippen LogP contribution in [0.2, 0.25) is 0 Å². The van der Waals surface area contributed by atoms with Gasteiger partial charge in [0.25, 0.3) is 0 Å². The molecule has 1 aliphatic heterocycles. The van der Waals surface area contributed by atoms with Crippen LogP contribution in [0.4, 0.5) is 4.79 Å². The van der Waals surface area contributed by atoms with Gasteiger partial charge in [-0.25, -0.2) is 4.79 Å². The molecule has 2 rings (SSSR count). The standard InChI is InChI=1S/C14H23N3O4/c1-2-15-14(21)16-12(18)8-17-10-6-4-3-5-9(10)7-11(17)13(19)20/h9-11H,2-8H2,1H3,(H,19,20)(H2,15,16,18,21). The number of fused-ring (bicyclic) bond motifs is 1. The molecular formula is C14H23N3O4. The maximum Gasteiger partial charge on any atom is 0.321 e. The summed E-state index contributed by atoms with van der Waals surface area (Å²) in [5.41, 5.74) is 0. The van der Waals surface area contributed by atoms with Crippen LogP contribution in [0.25, 0.3) is 0 Å². The van der Waals surface area contributed by atoms with Crippen molar-refractivity contribution < 1.29 is 19.5 Å². The maximum absolute atomic E-state index is 11.9. The molecule has 1 heterocycles. The van der Waals surface area contributed by atoms with Crippen molar-refractivity contribution in [1.82, 2.24) is 15.5 Å². The van der Waals surface area contributed by atoms with Crippen LogP contribution in [0.5, 0.6) is 0 Å². The van der Waals surface area contributed by atoms with Gasteiger partial charge in [0.1, 0.15) is 6.04 Å². The summed E-state index contributed by atoms with van der Waals surface area (Å²) in [6, 6.07) is -0.994. The summed E-state index contributed by atoms with van der Waals surface area (Å²) in [6.45, 7) is 2.16. The molecule has 7 heteroatoms. The largest absolute Gasteiger partial charge is 0.480 e. The number of imide groups is 1. The van der Waals surface area contributed by atoms with Crippen molar-refractivity contribution in [2.24, 2.45) is 5.92 Å². The van der Waals surface area contributed by atoms with Crippen LogP contribution in [0.15, 0.2) is 0 Å². The molecule has 1 saturated heterocycles. The van der Waals surface area contributed by atoms with E-state index in [0.29, 0.717) is 18.9 Å². The lowest BCUT2D eigenvalue weighted by Gasteiger charge is -2.32.